The summed E-state index contributed by atoms with van der Waals surface area (Å²) >= 11 is 0.0556. The molecule has 24 valence electrons. The van der Waals surface area contributed by atoms with Crippen LogP contribution in [0.5, 0.6) is 0 Å². The second-order valence-electron chi connectivity index (χ2n) is 0. The first-order chi connectivity index (χ1) is 1.00. The zero-order valence-corrected chi connectivity index (χ0v) is 4.50. The monoisotopic (exact) mass is 304 g/mol. The van der Waals surface area contributed by atoms with Crippen LogP contribution in [0.25, 0.3) is 0 Å². The number of hydrogen-bond acceptors (Lipinski definition) is 1. The van der Waals surface area contributed by atoms with Gasteiger partial charge in [0.1, 0.15) is 0 Å². The molecule has 4 heteroatoms. The van der Waals surface area contributed by atoms with Crippen molar-refractivity contribution in [3.8, 4) is 0 Å². The van der Waals surface area contributed by atoms with Crippen molar-refractivity contribution in [3.05, 3.63) is 0 Å². The van der Waals surface area contributed by atoms with Gasteiger partial charge in [-0.05, 0) is 0 Å². The SMILES string of the molecule is [AlH3].[GeH4].[O]=[Hf]. The Bertz CT molecular complexity index is 8.00. The van der Waals surface area contributed by atoms with Gasteiger partial charge in [-0.2, -0.15) is 0 Å². The summed E-state index contributed by atoms with van der Waals surface area (Å²) in [4.78, 5) is 0. The van der Waals surface area contributed by atoms with Gasteiger partial charge in [-0.25, -0.2) is 0 Å². The Labute approximate surface area is 61.6 Å². The molecule has 0 N–H and O–H groups in total. The molecule has 0 saturated carbocycles. The second kappa shape index (κ2) is 21.9. The molecule has 4 heavy (non-hydrogen) atoms. The summed E-state index contributed by atoms with van der Waals surface area (Å²) in [6, 6.07) is 0. The van der Waals surface area contributed by atoms with Gasteiger partial charge < -0.3 is 0 Å². The number of rotatable bonds is 0. The van der Waals surface area contributed by atoms with Crippen molar-refractivity contribution >= 4 is 35.0 Å². The molecule has 0 atom stereocenters. The van der Waals surface area contributed by atoms with Crippen LogP contribution in [-0.2, 0) is 27.2 Å². The van der Waals surface area contributed by atoms with Crippen molar-refractivity contribution in [3.63, 3.8) is 0 Å². The third-order valence-electron chi connectivity index (χ3n) is 0. The van der Waals surface area contributed by atoms with Gasteiger partial charge in [0.15, 0.2) is 17.4 Å². The molecule has 0 saturated heterocycles. The van der Waals surface area contributed by atoms with E-state index < -0.39 is 0 Å². The summed E-state index contributed by atoms with van der Waals surface area (Å²) in [5.41, 5.74) is 0. The van der Waals surface area contributed by atoms with Gasteiger partial charge in [0.2, 0.25) is 0 Å². The van der Waals surface area contributed by atoms with E-state index in [4.69, 9.17) is 2.85 Å². The van der Waals surface area contributed by atoms with Gasteiger partial charge in [-0.1, -0.05) is 0 Å². The van der Waals surface area contributed by atoms with Crippen molar-refractivity contribution < 1.29 is 27.2 Å². The van der Waals surface area contributed by atoms with Crippen LogP contribution < -0.4 is 0 Å². The fourth-order valence-corrected chi connectivity index (χ4v) is 0. The Hall–Kier alpha value is 1.75. The van der Waals surface area contributed by atoms with E-state index in [0.717, 1.165) is 0 Å². The average molecular weight is 301 g/mol. The summed E-state index contributed by atoms with van der Waals surface area (Å²) in [6.07, 6.45) is 0. The molecule has 0 amide bonds. The van der Waals surface area contributed by atoms with Gasteiger partial charge in [-0.15, -0.1) is 0 Å². The van der Waals surface area contributed by atoms with Crippen molar-refractivity contribution in [1.29, 1.82) is 0 Å². The fraction of sp³-hybridized carbons (Fsp3) is 0. The van der Waals surface area contributed by atoms with Crippen LogP contribution in [-0.4, -0.2) is 35.0 Å². The molecular weight excluding hydrogens is 294 g/mol. The van der Waals surface area contributed by atoms with Crippen LogP contribution in [0.3, 0.4) is 0 Å². The van der Waals surface area contributed by atoms with Crippen LogP contribution in [0.1, 0.15) is 0 Å². The van der Waals surface area contributed by atoms with Crippen LogP contribution in [0, 0.1) is 0 Å². The van der Waals surface area contributed by atoms with Crippen LogP contribution >= 0.6 is 0 Å². The zero-order valence-electron chi connectivity index (χ0n) is 0.908. The van der Waals surface area contributed by atoms with Gasteiger partial charge in [0.25, 0.3) is 0 Å². The molecule has 1 nitrogen and oxygen atoms in total. The van der Waals surface area contributed by atoms with Crippen molar-refractivity contribution in [2.75, 3.05) is 0 Å². The maximum atomic E-state index is 8.39. The Morgan fingerprint density at radius 2 is 1.25 bits per heavy atom. The Morgan fingerprint density at radius 3 is 1.25 bits per heavy atom. The molecule has 0 aromatic heterocycles. The summed E-state index contributed by atoms with van der Waals surface area (Å²) in [7, 11) is 0. The molecule has 0 rings (SSSR count). The molecule has 0 aromatic carbocycles. The third-order valence-corrected chi connectivity index (χ3v) is 0. The summed E-state index contributed by atoms with van der Waals surface area (Å²) in [6.45, 7) is 0. The first-order valence-electron chi connectivity index (χ1n) is 0.204. The van der Waals surface area contributed by atoms with E-state index in [2.05, 4.69) is 0 Å². The Kier molecular flexibility index (Phi) is 93.8. The Balaban J connectivity index is -0.00000000500. The summed E-state index contributed by atoms with van der Waals surface area (Å²) in [5, 5.41) is 0. The van der Waals surface area contributed by atoms with Crippen LogP contribution in [0.2, 0.25) is 0 Å². The predicted molar refractivity (Wildman–Crippen MR) is 22.0 cm³/mol. The van der Waals surface area contributed by atoms with Crippen LogP contribution in [0.15, 0.2) is 0 Å². The third kappa shape index (κ3) is 9.27. The van der Waals surface area contributed by atoms with E-state index in [0.29, 0.717) is 0 Å². The van der Waals surface area contributed by atoms with Gasteiger partial charge >= 0.3 is 44.8 Å². The molecule has 0 spiro atoms. The van der Waals surface area contributed by atoms with E-state index in [-0.39, 0.29) is 59.3 Å². The topological polar surface area (TPSA) is 17.1 Å². The van der Waals surface area contributed by atoms with E-state index in [1.807, 2.05) is 0 Å². The first kappa shape index (κ1) is 17.2. The summed E-state index contributed by atoms with van der Waals surface area (Å²) in [5.74, 6) is 0. The first-order valence-corrected chi connectivity index (χ1v) is 1.67. The predicted octanol–water partition coefficient (Wildman–Crippen LogP) is -2.76. The average Bonchev–Trinajstić information content (AvgIpc) is 1.00. The molecule has 0 aliphatic carbocycles. The minimum absolute atomic E-state index is 0. The molecule has 0 radical (unpaired) electrons. The van der Waals surface area contributed by atoms with E-state index >= 15 is 0 Å². The zero-order chi connectivity index (χ0) is 2.00. The quantitative estimate of drug-likeness (QED) is 0.443. The molecule has 0 bridgehead atoms. The second-order valence-corrected chi connectivity index (χ2v) is 0. The van der Waals surface area contributed by atoms with Gasteiger partial charge in [0, 0.05) is 0 Å². The van der Waals surface area contributed by atoms with E-state index in [1.165, 1.54) is 0 Å². The van der Waals surface area contributed by atoms with Crippen LogP contribution in [0.4, 0.5) is 0 Å². The normalized spacial score (nSPS) is 0.750. The maximum absolute atomic E-state index is 8.39. The van der Waals surface area contributed by atoms with Crippen molar-refractivity contribution in [2.24, 2.45) is 0 Å². The molecular formula is H7AlGeHfO. The van der Waals surface area contributed by atoms with E-state index in [1.54, 1.807) is 0 Å². The van der Waals surface area contributed by atoms with E-state index in [9.17, 15) is 0 Å². The number of hydrogen-bond donors (Lipinski definition) is 0. The van der Waals surface area contributed by atoms with Crippen molar-refractivity contribution in [1.82, 2.24) is 0 Å². The van der Waals surface area contributed by atoms with Gasteiger partial charge in [0.05, 0.1) is 0 Å². The fourth-order valence-electron chi connectivity index (χ4n) is 0. The molecule has 0 fully saturated rings. The molecule has 0 aliphatic heterocycles. The molecule has 0 unspecified atom stereocenters. The van der Waals surface area contributed by atoms with Crippen molar-refractivity contribution in [2.45, 2.75) is 0 Å². The molecule has 0 heterocycles. The summed E-state index contributed by atoms with van der Waals surface area (Å²) < 4.78 is 8.39. The minimum atomic E-state index is 0. The molecule has 0 aromatic rings. The standard InChI is InChI=1S/Al.GeH4.Hf.O.3H/h;1H4;;;;;. The Morgan fingerprint density at radius 1 is 1.25 bits per heavy atom. The molecule has 0 aliphatic rings. The van der Waals surface area contributed by atoms with Gasteiger partial charge in [-0.3, -0.25) is 0 Å².